The molecule has 5 unspecified atom stereocenters. The van der Waals surface area contributed by atoms with Crippen molar-refractivity contribution in [2.24, 2.45) is 28.6 Å². The number of carbonyl (C=O) groups excluding carboxylic acids is 1. The van der Waals surface area contributed by atoms with Crippen LogP contribution in [0.4, 0.5) is 5.82 Å². The summed E-state index contributed by atoms with van der Waals surface area (Å²) in [4.78, 5) is 22.1. The Bertz CT molecular complexity index is 1170. The van der Waals surface area contributed by atoms with Crippen molar-refractivity contribution in [3.8, 4) is 0 Å². The van der Waals surface area contributed by atoms with Gasteiger partial charge in [0.15, 0.2) is 5.16 Å². The predicted molar refractivity (Wildman–Crippen MR) is 117 cm³/mol. The fraction of sp³-hybridized carbons (Fsp3) is 0.565. The average Bonchev–Trinajstić information content (AvgIpc) is 3.47. The van der Waals surface area contributed by atoms with Crippen molar-refractivity contribution < 1.29 is 4.79 Å². The minimum absolute atomic E-state index is 0.169. The molecule has 4 aliphatic rings. The molecule has 3 aromatic heterocycles. The first kappa shape index (κ1) is 18.2. The fourth-order valence-corrected chi connectivity index (χ4v) is 8.69. The molecule has 0 aromatic carbocycles. The van der Waals surface area contributed by atoms with Gasteiger partial charge in [0, 0.05) is 18.4 Å². The van der Waals surface area contributed by atoms with Gasteiger partial charge in [-0.2, -0.15) is 5.10 Å². The molecule has 1 amide bonds. The van der Waals surface area contributed by atoms with Crippen molar-refractivity contribution in [3.63, 3.8) is 0 Å². The number of amides is 1. The number of nitrogens with one attached hydrogen (secondary N) is 2. The van der Waals surface area contributed by atoms with Crippen LogP contribution in [0, 0.1) is 28.6 Å². The lowest BCUT2D eigenvalue weighted by atomic mass is 9.45. The molecule has 5 atom stereocenters. The second-order valence-electron chi connectivity index (χ2n) is 10.3. The number of hydrogen-bond acceptors (Lipinski definition) is 5. The molecular formula is C23H26N6OS. The van der Waals surface area contributed by atoms with Crippen molar-refractivity contribution >= 4 is 29.1 Å². The summed E-state index contributed by atoms with van der Waals surface area (Å²) >= 11 is 1.56. The second kappa shape index (κ2) is 6.34. The molecule has 31 heavy (non-hydrogen) atoms. The maximum absolute atomic E-state index is 13.2. The highest BCUT2D eigenvalue weighted by Crippen LogP contribution is 2.82. The van der Waals surface area contributed by atoms with Gasteiger partial charge < -0.3 is 5.32 Å². The Morgan fingerprint density at radius 3 is 3.06 bits per heavy atom. The molecule has 3 bridgehead atoms. The van der Waals surface area contributed by atoms with Gasteiger partial charge in [-0.3, -0.25) is 14.3 Å². The minimum Gasteiger partial charge on any atom is -0.312 e. The zero-order chi connectivity index (χ0) is 20.6. The Morgan fingerprint density at radius 2 is 2.16 bits per heavy atom. The first-order chi connectivity index (χ1) is 15.1. The molecule has 2 N–H and O–H groups in total. The van der Waals surface area contributed by atoms with E-state index in [4.69, 9.17) is 4.98 Å². The number of fused-ring (bicyclic) bond motifs is 3. The lowest BCUT2D eigenvalue weighted by molar-refractivity contribution is -0.136. The van der Waals surface area contributed by atoms with Crippen LogP contribution in [0.5, 0.6) is 0 Å². The van der Waals surface area contributed by atoms with Crippen LogP contribution >= 0.6 is 11.8 Å². The molecule has 160 valence electrons. The average molecular weight is 435 g/mol. The van der Waals surface area contributed by atoms with Gasteiger partial charge in [0.2, 0.25) is 5.91 Å². The van der Waals surface area contributed by atoms with E-state index in [1.807, 2.05) is 28.8 Å². The van der Waals surface area contributed by atoms with Gasteiger partial charge in [0.05, 0.1) is 5.69 Å². The standard InChI is InChI=1S/C23H26N6OS/c30-20(10-22-6-15-4-14-5-16(9-22)23(22,7-14)8-15)27-19-3-1-2-18-26-17(11-29(18)19)12-31-21-24-13-25-28-21/h1-3,11,13-16H,4-10,12H2,(H,27,30)(H,24,25,28). The molecule has 4 aliphatic carbocycles. The summed E-state index contributed by atoms with van der Waals surface area (Å²) in [7, 11) is 0. The Balaban J connectivity index is 1.09. The third-order valence-electron chi connectivity index (χ3n) is 8.80. The minimum atomic E-state index is 0.169. The first-order valence-electron chi connectivity index (χ1n) is 11.4. The summed E-state index contributed by atoms with van der Waals surface area (Å²) in [6, 6.07) is 5.91. The van der Waals surface area contributed by atoms with Gasteiger partial charge >= 0.3 is 0 Å². The normalized spacial score (nSPS) is 34.8. The molecule has 7 nitrogen and oxygen atoms in total. The van der Waals surface area contributed by atoms with Gasteiger partial charge in [-0.25, -0.2) is 9.97 Å². The van der Waals surface area contributed by atoms with Crippen molar-refractivity contribution in [2.45, 2.75) is 55.9 Å². The summed E-state index contributed by atoms with van der Waals surface area (Å²) in [5.41, 5.74) is 2.58. The first-order valence-corrected chi connectivity index (χ1v) is 12.4. The highest BCUT2D eigenvalue weighted by Gasteiger charge is 2.74. The number of anilines is 1. The zero-order valence-electron chi connectivity index (χ0n) is 17.4. The molecule has 8 heteroatoms. The summed E-state index contributed by atoms with van der Waals surface area (Å²) in [5.74, 6) is 4.40. The Hall–Kier alpha value is -2.35. The van der Waals surface area contributed by atoms with E-state index in [-0.39, 0.29) is 11.3 Å². The molecule has 4 fully saturated rings. The number of aromatic nitrogens is 5. The Morgan fingerprint density at radius 1 is 1.23 bits per heavy atom. The van der Waals surface area contributed by atoms with E-state index in [1.165, 1.54) is 44.9 Å². The lowest BCUT2D eigenvalue weighted by Crippen LogP contribution is -2.53. The largest absolute Gasteiger partial charge is 0.312 e. The highest BCUT2D eigenvalue weighted by atomic mass is 32.2. The topological polar surface area (TPSA) is 88.0 Å². The molecule has 4 saturated carbocycles. The van der Waals surface area contributed by atoms with E-state index >= 15 is 0 Å². The van der Waals surface area contributed by atoms with Gasteiger partial charge in [0.25, 0.3) is 0 Å². The smallest absolute Gasteiger partial charge is 0.226 e. The monoisotopic (exact) mass is 434 g/mol. The highest BCUT2D eigenvalue weighted by molar-refractivity contribution is 7.98. The van der Waals surface area contributed by atoms with Crippen LogP contribution in [-0.4, -0.2) is 30.5 Å². The zero-order valence-corrected chi connectivity index (χ0v) is 18.2. The summed E-state index contributed by atoms with van der Waals surface area (Å²) in [6.07, 6.45) is 12.4. The number of rotatable bonds is 6. The van der Waals surface area contributed by atoms with Crippen LogP contribution in [0.1, 0.15) is 50.6 Å². The number of imidazole rings is 1. The summed E-state index contributed by atoms with van der Waals surface area (Å²) < 4.78 is 1.99. The van der Waals surface area contributed by atoms with Crippen molar-refractivity contribution in [2.75, 3.05) is 5.32 Å². The van der Waals surface area contributed by atoms with Gasteiger partial charge in [0.1, 0.15) is 17.8 Å². The van der Waals surface area contributed by atoms with Crippen LogP contribution in [0.2, 0.25) is 0 Å². The van der Waals surface area contributed by atoms with Crippen molar-refractivity contribution in [1.82, 2.24) is 24.6 Å². The van der Waals surface area contributed by atoms with E-state index in [1.54, 1.807) is 11.8 Å². The number of thioether (sulfide) groups is 1. The molecule has 1 spiro atoms. The molecule has 0 saturated heterocycles. The van der Waals surface area contributed by atoms with Crippen LogP contribution in [0.15, 0.2) is 35.9 Å². The van der Waals surface area contributed by atoms with Crippen molar-refractivity contribution in [1.29, 1.82) is 0 Å². The van der Waals surface area contributed by atoms with Crippen molar-refractivity contribution in [3.05, 3.63) is 36.4 Å². The molecule has 3 heterocycles. The summed E-state index contributed by atoms with van der Waals surface area (Å²) in [6.45, 7) is 0. The second-order valence-corrected chi connectivity index (χ2v) is 11.3. The molecule has 3 aromatic rings. The number of aromatic amines is 1. The number of carbonyl (C=O) groups is 1. The Labute approximate surface area is 184 Å². The Kier molecular flexibility index (Phi) is 3.73. The predicted octanol–water partition coefficient (Wildman–Crippen LogP) is 4.29. The number of pyridine rings is 1. The number of nitrogens with zero attached hydrogens (tertiary/aromatic N) is 4. The van der Waals surface area contributed by atoms with Gasteiger partial charge in [-0.1, -0.05) is 17.8 Å². The van der Waals surface area contributed by atoms with Crippen LogP contribution in [0.25, 0.3) is 5.65 Å². The fourth-order valence-electron chi connectivity index (χ4n) is 8.03. The van der Waals surface area contributed by atoms with Crippen LogP contribution < -0.4 is 5.32 Å². The third kappa shape index (κ3) is 2.60. The van der Waals surface area contributed by atoms with E-state index in [9.17, 15) is 4.79 Å². The van der Waals surface area contributed by atoms with E-state index in [0.717, 1.165) is 40.1 Å². The summed E-state index contributed by atoms with van der Waals surface area (Å²) in [5, 5.41) is 10.7. The van der Waals surface area contributed by atoms with Gasteiger partial charge in [-0.05, 0) is 79.2 Å². The lowest BCUT2D eigenvalue weighted by Gasteiger charge is -2.59. The molecule has 0 radical (unpaired) electrons. The molecular weight excluding hydrogens is 408 g/mol. The number of H-pyrrole nitrogens is 1. The van der Waals surface area contributed by atoms with E-state index in [2.05, 4.69) is 20.5 Å². The van der Waals surface area contributed by atoms with Crippen LogP contribution in [-0.2, 0) is 10.5 Å². The van der Waals surface area contributed by atoms with E-state index in [0.29, 0.717) is 17.6 Å². The third-order valence-corrected chi connectivity index (χ3v) is 9.71. The number of hydrogen-bond donors (Lipinski definition) is 2. The maximum atomic E-state index is 13.2. The van der Waals surface area contributed by atoms with Crippen LogP contribution in [0.3, 0.4) is 0 Å². The molecule has 0 aliphatic heterocycles. The van der Waals surface area contributed by atoms with Gasteiger partial charge in [-0.15, -0.1) is 0 Å². The molecule has 7 rings (SSSR count). The quantitative estimate of drug-likeness (QED) is 0.565. The maximum Gasteiger partial charge on any atom is 0.226 e. The van der Waals surface area contributed by atoms with E-state index < -0.39 is 0 Å². The SMILES string of the molecule is O=C(CC12CC3CC4CC(C1)C2(C4)C3)Nc1cccc2nc(CSc3ncn[nH]3)cn12.